The van der Waals surface area contributed by atoms with Crippen molar-refractivity contribution in [1.82, 2.24) is 24.7 Å². The standard InChI is InChI=1S/C17H20ClN7/c1-24-11-13-15(23-24)16(22-17(18)21-13)20-10-12-5-8-25(9-6-12)14-4-2-3-7-19-14/h2-4,7,11-12H,5-6,8-10H2,1H3,(H,20,21,22). The number of nitrogens with zero attached hydrogens (tertiary/aromatic N) is 6. The van der Waals surface area contributed by atoms with E-state index in [9.17, 15) is 0 Å². The van der Waals surface area contributed by atoms with Crippen LogP contribution in [0, 0.1) is 5.92 Å². The number of hydrogen-bond donors (Lipinski definition) is 1. The first-order valence-corrected chi connectivity index (χ1v) is 8.83. The Bertz CT molecular complexity index is 856. The van der Waals surface area contributed by atoms with Crippen LogP contribution in [0.15, 0.2) is 30.6 Å². The monoisotopic (exact) mass is 357 g/mol. The smallest absolute Gasteiger partial charge is 0.225 e. The molecule has 0 aliphatic carbocycles. The Balaban J connectivity index is 1.38. The highest BCUT2D eigenvalue weighted by atomic mass is 35.5. The first-order chi connectivity index (χ1) is 12.2. The van der Waals surface area contributed by atoms with Crippen LogP contribution >= 0.6 is 11.6 Å². The highest BCUT2D eigenvalue weighted by Crippen LogP contribution is 2.24. The summed E-state index contributed by atoms with van der Waals surface area (Å²) in [5, 5.41) is 8.09. The summed E-state index contributed by atoms with van der Waals surface area (Å²) in [4.78, 5) is 15.3. The van der Waals surface area contributed by atoms with E-state index in [1.807, 2.05) is 31.6 Å². The lowest BCUT2D eigenvalue weighted by atomic mass is 9.97. The Labute approximate surface area is 151 Å². The number of hydrogen-bond acceptors (Lipinski definition) is 6. The molecule has 130 valence electrons. The van der Waals surface area contributed by atoms with Crippen LogP contribution in [0.3, 0.4) is 0 Å². The maximum atomic E-state index is 6.03. The molecule has 7 nitrogen and oxygen atoms in total. The van der Waals surface area contributed by atoms with Gasteiger partial charge in [0.25, 0.3) is 0 Å². The summed E-state index contributed by atoms with van der Waals surface area (Å²) in [6.45, 7) is 2.90. The van der Waals surface area contributed by atoms with E-state index in [2.05, 4.69) is 36.3 Å². The second kappa shape index (κ2) is 6.84. The van der Waals surface area contributed by atoms with Gasteiger partial charge in [0, 0.05) is 32.9 Å². The van der Waals surface area contributed by atoms with E-state index < -0.39 is 0 Å². The van der Waals surface area contributed by atoms with Crippen molar-refractivity contribution in [2.75, 3.05) is 29.9 Å². The van der Waals surface area contributed by atoms with Crippen molar-refractivity contribution in [3.8, 4) is 0 Å². The van der Waals surface area contributed by atoms with E-state index in [0.717, 1.165) is 49.3 Å². The quantitative estimate of drug-likeness (QED) is 0.724. The van der Waals surface area contributed by atoms with Gasteiger partial charge in [0.2, 0.25) is 5.28 Å². The molecule has 1 fully saturated rings. The van der Waals surface area contributed by atoms with Gasteiger partial charge in [-0.25, -0.2) is 9.97 Å². The van der Waals surface area contributed by atoms with Gasteiger partial charge in [-0.3, -0.25) is 4.68 Å². The Morgan fingerprint density at radius 2 is 2.08 bits per heavy atom. The summed E-state index contributed by atoms with van der Waals surface area (Å²) in [6.07, 6.45) is 5.93. The van der Waals surface area contributed by atoms with Crippen molar-refractivity contribution in [1.29, 1.82) is 0 Å². The Hall–Kier alpha value is -2.41. The molecule has 4 heterocycles. The van der Waals surface area contributed by atoms with E-state index in [1.165, 1.54) is 0 Å². The zero-order valence-corrected chi connectivity index (χ0v) is 14.8. The van der Waals surface area contributed by atoms with Crippen LogP contribution in [0.4, 0.5) is 11.6 Å². The van der Waals surface area contributed by atoms with Gasteiger partial charge >= 0.3 is 0 Å². The zero-order valence-electron chi connectivity index (χ0n) is 14.1. The lowest BCUT2D eigenvalue weighted by Gasteiger charge is -2.32. The molecule has 0 amide bonds. The van der Waals surface area contributed by atoms with Crippen LogP contribution in [0.5, 0.6) is 0 Å². The Kier molecular flexibility index (Phi) is 4.40. The molecule has 1 aliphatic heterocycles. The average molecular weight is 358 g/mol. The highest BCUT2D eigenvalue weighted by Gasteiger charge is 2.20. The van der Waals surface area contributed by atoms with Gasteiger partial charge in [-0.15, -0.1) is 0 Å². The second-order valence-corrected chi connectivity index (χ2v) is 6.72. The molecular weight excluding hydrogens is 338 g/mol. The van der Waals surface area contributed by atoms with Crippen molar-refractivity contribution in [3.05, 3.63) is 35.9 Å². The minimum Gasteiger partial charge on any atom is -0.368 e. The molecule has 0 unspecified atom stereocenters. The summed E-state index contributed by atoms with van der Waals surface area (Å²) in [7, 11) is 1.87. The van der Waals surface area contributed by atoms with Crippen LogP contribution in [-0.4, -0.2) is 44.4 Å². The molecule has 1 aliphatic rings. The minimum atomic E-state index is 0.243. The molecule has 3 aromatic rings. The summed E-state index contributed by atoms with van der Waals surface area (Å²) in [5.41, 5.74) is 1.52. The number of aryl methyl sites for hydroxylation is 1. The topological polar surface area (TPSA) is 71.8 Å². The molecule has 0 aromatic carbocycles. The lowest BCUT2D eigenvalue weighted by Crippen LogP contribution is -2.36. The van der Waals surface area contributed by atoms with Crippen molar-refractivity contribution < 1.29 is 0 Å². The number of rotatable bonds is 4. The molecule has 8 heteroatoms. The van der Waals surface area contributed by atoms with E-state index in [0.29, 0.717) is 11.7 Å². The van der Waals surface area contributed by atoms with E-state index in [4.69, 9.17) is 11.6 Å². The Morgan fingerprint density at radius 3 is 2.84 bits per heavy atom. The molecule has 25 heavy (non-hydrogen) atoms. The molecule has 1 N–H and O–H groups in total. The van der Waals surface area contributed by atoms with Gasteiger partial charge in [-0.2, -0.15) is 10.1 Å². The van der Waals surface area contributed by atoms with E-state index in [-0.39, 0.29) is 5.28 Å². The van der Waals surface area contributed by atoms with Crippen LogP contribution in [0.1, 0.15) is 12.8 Å². The molecule has 4 rings (SSSR count). The molecule has 0 spiro atoms. The highest BCUT2D eigenvalue weighted by molar-refractivity contribution is 6.28. The van der Waals surface area contributed by atoms with Gasteiger partial charge in [0.05, 0.1) is 6.20 Å². The lowest BCUT2D eigenvalue weighted by molar-refractivity contribution is 0.421. The van der Waals surface area contributed by atoms with Crippen molar-refractivity contribution in [3.63, 3.8) is 0 Å². The average Bonchev–Trinajstić information content (AvgIpc) is 3.01. The molecule has 0 bridgehead atoms. The number of anilines is 2. The van der Waals surface area contributed by atoms with Crippen molar-refractivity contribution in [2.24, 2.45) is 13.0 Å². The van der Waals surface area contributed by atoms with Gasteiger partial charge in [-0.1, -0.05) is 6.07 Å². The van der Waals surface area contributed by atoms with Gasteiger partial charge < -0.3 is 10.2 Å². The first kappa shape index (κ1) is 16.1. The minimum absolute atomic E-state index is 0.243. The Morgan fingerprint density at radius 1 is 1.24 bits per heavy atom. The van der Waals surface area contributed by atoms with Crippen molar-refractivity contribution >= 4 is 34.3 Å². The fraction of sp³-hybridized carbons (Fsp3) is 0.412. The normalized spacial score (nSPS) is 15.7. The van der Waals surface area contributed by atoms with E-state index >= 15 is 0 Å². The van der Waals surface area contributed by atoms with Gasteiger partial charge in [-0.05, 0) is 42.5 Å². The summed E-state index contributed by atoms with van der Waals surface area (Å²) < 4.78 is 1.73. The number of pyridine rings is 1. The zero-order chi connectivity index (χ0) is 17.2. The summed E-state index contributed by atoms with van der Waals surface area (Å²) in [6, 6.07) is 6.05. The number of nitrogens with one attached hydrogen (secondary N) is 1. The maximum absolute atomic E-state index is 6.03. The summed E-state index contributed by atoms with van der Waals surface area (Å²) in [5.74, 6) is 2.36. The molecule has 0 radical (unpaired) electrons. The predicted octanol–water partition coefficient (Wildman–Crippen LogP) is 2.74. The molecule has 3 aromatic heterocycles. The van der Waals surface area contributed by atoms with Crippen molar-refractivity contribution in [2.45, 2.75) is 12.8 Å². The molecular formula is C17H20ClN7. The first-order valence-electron chi connectivity index (χ1n) is 8.46. The van der Waals surface area contributed by atoms with Gasteiger partial charge in [0.15, 0.2) is 11.3 Å². The van der Waals surface area contributed by atoms with Crippen LogP contribution < -0.4 is 10.2 Å². The number of aromatic nitrogens is 5. The van der Waals surface area contributed by atoms with Crippen LogP contribution in [-0.2, 0) is 7.05 Å². The fourth-order valence-corrected chi connectivity index (χ4v) is 3.44. The van der Waals surface area contributed by atoms with Gasteiger partial charge in [0.1, 0.15) is 11.3 Å². The third-order valence-corrected chi connectivity index (χ3v) is 4.77. The molecule has 0 saturated carbocycles. The predicted molar refractivity (Wildman–Crippen MR) is 99.0 cm³/mol. The molecule has 1 saturated heterocycles. The SMILES string of the molecule is Cn1cc2nc(Cl)nc(NCC3CCN(c4ccccn4)CC3)c2n1. The maximum Gasteiger partial charge on any atom is 0.225 e. The fourth-order valence-electron chi connectivity index (χ4n) is 3.27. The number of piperidine rings is 1. The van der Waals surface area contributed by atoms with E-state index in [1.54, 1.807) is 4.68 Å². The third-order valence-electron chi connectivity index (χ3n) is 4.60. The van der Waals surface area contributed by atoms with Crippen LogP contribution in [0.25, 0.3) is 11.0 Å². The second-order valence-electron chi connectivity index (χ2n) is 6.38. The number of halogens is 1. The molecule has 0 atom stereocenters. The summed E-state index contributed by atoms with van der Waals surface area (Å²) >= 11 is 6.03. The third kappa shape index (κ3) is 3.51. The van der Waals surface area contributed by atoms with Crippen LogP contribution in [0.2, 0.25) is 5.28 Å². The largest absolute Gasteiger partial charge is 0.368 e. The number of fused-ring (bicyclic) bond motifs is 1.